The third-order valence-corrected chi connectivity index (χ3v) is 1.47. The lowest BCUT2D eigenvalue weighted by molar-refractivity contribution is 0.597. The highest BCUT2D eigenvalue weighted by Crippen LogP contribution is 2.57. The Bertz CT molecular complexity index is 93.7. The fourth-order valence-corrected chi connectivity index (χ4v) is 0. The second-order valence-electron chi connectivity index (χ2n) is 0.685. The van der Waals surface area contributed by atoms with Gasteiger partial charge >= 0.3 is 0 Å². The van der Waals surface area contributed by atoms with Crippen molar-refractivity contribution in [2.75, 3.05) is 0 Å². The summed E-state index contributed by atoms with van der Waals surface area (Å²) in [6, 6.07) is 0. The van der Waals surface area contributed by atoms with Gasteiger partial charge in [0.05, 0.1) is 0 Å². The molecule has 0 radical (unpaired) electrons. The van der Waals surface area contributed by atoms with E-state index in [9.17, 15) is 4.57 Å². The van der Waals surface area contributed by atoms with Crippen molar-refractivity contribution in [2.45, 2.75) is 0 Å². The van der Waals surface area contributed by atoms with Gasteiger partial charge in [0, 0.05) is 0 Å². The van der Waals surface area contributed by atoms with E-state index in [0.29, 0.717) is 0 Å². The minimum atomic E-state index is -2.94. The van der Waals surface area contributed by atoms with Gasteiger partial charge in [-0.05, 0) is 28.3 Å². The lowest BCUT2D eigenvalue weighted by Gasteiger charge is -1.82. The molecular weight excluding hydrogens is 142 g/mol. The molecule has 1 nitrogen and oxygen atoms in total. The van der Waals surface area contributed by atoms with Crippen LogP contribution >= 0.6 is 28.3 Å². The molecule has 0 amide bonds. The Morgan fingerprint density at radius 2 is 1.83 bits per heavy atom. The normalized spacial score (nSPS) is 11.0. The number of hydrogen-bond donors (Lipinski definition) is 0. The van der Waals surface area contributed by atoms with Gasteiger partial charge in [-0.15, -0.1) is 0 Å². The summed E-state index contributed by atoms with van der Waals surface area (Å²) in [6.45, 7) is 3.10. The Morgan fingerprint density at radius 3 is 1.83 bits per heavy atom. The predicted molar refractivity (Wildman–Crippen MR) is 29.5 cm³/mol. The van der Waals surface area contributed by atoms with E-state index in [0.717, 1.165) is 5.82 Å². The van der Waals surface area contributed by atoms with E-state index in [1.54, 1.807) is 0 Å². The maximum absolute atomic E-state index is 10.00. The van der Waals surface area contributed by atoms with E-state index in [4.69, 9.17) is 22.5 Å². The molecule has 0 fully saturated rings. The molecule has 0 aliphatic rings. The highest BCUT2D eigenvalue weighted by atomic mass is 35.9. The van der Waals surface area contributed by atoms with Crippen molar-refractivity contribution >= 4 is 28.3 Å². The second-order valence-corrected chi connectivity index (χ2v) is 5.59. The molecule has 0 saturated carbocycles. The van der Waals surface area contributed by atoms with Gasteiger partial charge in [-0.1, -0.05) is 6.58 Å². The lowest BCUT2D eigenvalue weighted by Crippen LogP contribution is -1.36. The van der Waals surface area contributed by atoms with Crippen molar-refractivity contribution in [1.82, 2.24) is 0 Å². The maximum atomic E-state index is 10.00. The minimum absolute atomic E-state index is 1.02. The predicted octanol–water partition coefficient (Wildman–Crippen LogP) is 2.80. The van der Waals surface area contributed by atoms with Gasteiger partial charge in [0.25, 0.3) is 5.85 Å². The zero-order valence-electron chi connectivity index (χ0n) is 2.90. The van der Waals surface area contributed by atoms with Crippen LogP contribution < -0.4 is 0 Å². The molecule has 0 aliphatic carbocycles. The third-order valence-electron chi connectivity index (χ3n) is 0.213. The molecule has 0 rings (SSSR count). The standard InChI is InChI=1S/C2H3Cl2OP/c1-2-6(3,4)5/h2H,1H2. The first-order valence-electron chi connectivity index (χ1n) is 1.19. The largest absolute Gasteiger partial charge is 0.285 e. The molecule has 0 saturated heterocycles. The van der Waals surface area contributed by atoms with Crippen LogP contribution in [0, 0.1) is 0 Å². The third kappa shape index (κ3) is 4.55. The topological polar surface area (TPSA) is 17.1 Å². The van der Waals surface area contributed by atoms with Crippen LogP contribution in [0.4, 0.5) is 0 Å². The van der Waals surface area contributed by atoms with Crippen LogP contribution in [0.5, 0.6) is 0 Å². The highest BCUT2D eigenvalue weighted by Gasteiger charge is 2.02. The summed E-state index contributed by atoms with van der Waals surface area (Å²) in [5.74, 6) is -1.91. The van der Waals surface area contributed by atoms with E-state index in [2.05, 4.69) is 6.58 Å². The zero-order chi connectivity index (χ0) is 5.21. The number of hydrogen-bond acceptors (Lipinski definition) is 1. The molecule has 0 unspecified atom stereocenters. The van der Waals surface area contributed by atoms with Crippen molar-refractivity contribution in [3.63, 3.8) is 0 Å². The van der Waals surface area contributed by atoms with E-state index in [1.807, 2.05) is 0 Å². The molecule has 0 heterocycles. The van der Waals surface area contributed by atoms with Crippen LogP contribution in [0.25, 0.3) is 0 Å². The highest BCUT2D eigenvalue weighted by molar-refractivity contribution is 8.10. The Kier molecular flexibility index (Phi) is 2.20. The summed E-state index contributed by atoms with van der Waals surface area (Å²) in [4.78, 5) is 0. The van der Waals surface area contributed by atoms with Gasteiger partial charge in [-0.25, -0.2) is 0 Å². The molecule has 4 heteroatoms. The van der Waals surface area contributed by atoms with E-state index >= 15 is 0 Å². The van der Waals surface area contributed by atoms with Gasteiger partial charge in [0.15, 0.2) is 0 Å². The summed E-state index contributed by atoms with van der Waals surface area (Å²) in [7, 11) is 0. The molecule has 0 aromatic rings. The monoisotopic (exact) mass is 144 g/mol. The van der Waals surface area contributed by atoms with E-state index in [1.165, 1.54) is 0 Å². The summed E-state index contributed by atoms with van der Waals surface area (Å²) in [5, 5.41) is 0. The zero-order valence-corrected chi connectivity index (χ0v) is 5.30. The molecular formula is C2H3Cl2OP. The van der Waals surface area contributed by atoms with Gasteiger partial charge in [0.2, 0.25) is 0 Å². The van der Waals surface area contributed by atoms with Crippen molar-refractivity contribution in [2.24, 2.45) is 0 Å². The first kappa shape index (κ1) is 6.55. The van der Waals surface area contributed by atoms with E-state index in [-0.39, 0.29) is 0 Å². The van der Waals surface area contributed by atoms with Gasteiger partial charge in [-0.2, -0.15) is 0 Å². The quantitative estimate of drug-likeness (QED) is 0.518. The van der Waals surface area contributed by atoms with Crippen molar-refractivity contribution < 1.29 is 4.57 Å². The minimum Gasteiger partial charge on any atom is -0.285 e. The summed E-state index contributed by atoms with van der Waals surface area (Å²) in [5.41, 5.74) is 0. The Hall–Kier alpha value is 0.550. The average Bonchev–Trinajstić information content (AvgIpc) is 1.35. The average molecular weight is 145 g/mol. The molecule has 0 aromatic carbocycles. The first-order chi connectivity index (χ1) is 2.56. The van der Waals surface area contributed by atoms with Crippen LogP contribution in [-0.4, -0.2) is 0 Å². The van der Waals surface area contributed by atoms with Gasteiger partial charge in [-0.3, -0.25) is 4.57 Å². The molecule has 0 bridgehead atoms. The van der Waals surface area contributed by atoms with Crippen molar-refractivity contribution in [3.05, 3.63) is 12.4 Å². The smallest absolute Gasteiger partial charge is 0.274 e. The van der Waals surface area contributed by atoms with Gasteiger partial charge < -0.3 is 0 Å². The van der Waals surface area contributed by atoms with Crippen LogP contribution in [-0.2, 0) is 4.57 Å². The Morgan fingerprint density at radius 1 is 1.67 bits per heavy atom. The first-order valence-corrected chi connectivity index (χ1v) is 4.77. The number of rotatable bonds is 1. The molecule has 0 aliphatic heterocycles. The molecule has 0 N–H and O–H groups in total. The van der Waals surface area contributed by atoms with Gasteiger partial charge in [0.1, 0.15) is 0 Å². The SMILES string of the molecule is C=CP(=O)(Cl)Cl. The maximum Gasteiger partial charge on any atom is 0.274 e. The Balaban J connectivity index is 3.81. The molecule has 0 spiro atoms. The lowest BCUT2D eigenvalue weighted by atomic mass is 11.3. The molecule has 6 heavy (non-hydrogen) atoms. The number of halogens is 2. The van der Waals surface area contributed by atoms with E-state index < -0.39 is 5.85 Å². The van der Waals surface area contributed by atoms with Crippen LogP contribution in [0.1, 0.15) is 0 Å². The second kappa shape index (κ2) is 2.02. The molecule has 36 valence electrons. The van der Waals surface area contributed by atoms with Crippen LogP contribution in [0.3, 0.4) is 0 Å². The summed E-state index contributed by atoms with van der Waals surface area (Å²) in [6.07, 6.45) is 0. The molecule has 0 atom stereocenters. The van der Waals surface area contributed by atoms with Crippen LogP contribution in [0.15, 0.2) is 12.4 Å². The summed E-state index contributed by atoms with van der Waals surface area (Å²) >= 11 is 9.84. The summed E-state index contributed by atoms with van der Waals surface area (Å²) < 4.78 is 10.00. The van der Waals surface area contributed by atoms with Crippen molar-refractivity contribution in [3.8, 4) is 0 Å². The van der Waals surface area contributed by atoms with Crippen LogP contribution in [0.2, 0.25) is 0 Å². The Labute approximate surface area is 45.9 Å². The fourth-order valence-electron chi connectivity index (χ4n) is 0. The molecule has 0 aromatic heterocycles. The van der Waals surface area contributed by atoms with Crippen molar-refractivity contribution in [1.29, 1.82) is 0 Å². The fraction of sp³-hybridized carbons (Fsp3) is 0.